The minimum Gasteiger partial charge on any atom is -0.288 e. The van der Waals surface area contributed by atoms with Gasteiger partial charge >= 0.3 is 0 Å². The average molecular weight is 839 g/mol. The molecule has 0 N–H and O–H groups in total. The van der Waals surface area contributed by atoms with E-state index in [4.69, 9.17) is 0 Å². The minimum atomic E-state index is -2.12. The van der Waals surface area contributed by atoms with Gasteiger partial charge in [0.15, 0.2) is 23.1 Å². The summed E-state index contributed by atoms with van der Waals surface area (Å²) in [5.74, 6) is -0.762. The van der Waals surface area contributed by atoms with E-state index in [0.717, 1.165) is 9.75 Å². The lowest BCUT2D eigenvalue weighted by molar-refractivity contribution is 0.0975. The zero-order chi connectivity index (χ0) is 39.3. The number of allylic oxidation sites excluding steroid dienone is 2. The van der Waals surface area contributed by atoms with E-state index in [1.54, 1.807) is 69.5 Å². The largest absolute Gasteiger partial charge is 0.288 e. The summed E-state index contributed by atoms with van der Waals surface area (Å²) in [7, 11) is -2.12. The van der Waals surface area contributed by atoms with E-state index in [-0.39, 0.29) is 34.3 Å². The molecule has 0 spiro atoms. The fraction of sp³-hybridized carbons (Fsp3) is 0.250. The molecule has 1 aliphatic heterocycles. The molecule has 0 saturated carbocycles. The second-order valence-electron chi connectivity index (χ2n) is 15.3. The maximum Gasteiger partial charge on any atom is 0.197 e. The molecule has 57 heavy (non-hydrogen) atoms. The molecule has 3 aliphatic rings. The van der Waals surface area contributed by atoms with Crippen LogP contribution in [0.25, 0.3) is 41.4 Å². The van der Waals surface area contributed by atoms with Gasteiger partial charge in [-0.05, 0) is 71.0 Å². The van der Waals surface area contributed by atoms with Gasteiger partial charge in [0, 0.05) is 61.3 Å². The third-order valence-electron chi connectivity index (χ3n) is 11.7. The Balaban J connectivity index is 1.08. The molecule has 0 atom stereocenters. The molecule has 0 unspecified atom stereocenters. The van der Waals surface area contributed by atoms with Crippen LogP contribution in [0.2, 0.25) is 12.1 Å². The fourth-order valence-corrected chi connectivity index (χ4v) is 20.3. The summed E-state index contributed by atoms with van der Waals surface area (Å²) in [6.07, 6.45) is 13.5. The van der Waals surface area contributed by atoms with Crippen LogP contribution in [0.4, 0.5) is 0 Å². The van der Waals surface area contributed by atoms with Crippen LogP contribution in [-0.2, 0) is 0 Å². The predicted octanol–water partition coefficient (Wildman–Crippen LogP) is 12.9. The highest BCUT2D eigenvalue weighted by Gasteiger charge is 2.47. The van der Waals surface area contributed by atoms with Gasteiger partial charge < -0.3 is 0 Å². The van der Waals surface area contributed by atoms with Crippen LogP contribution >= 0.6 is 45.3 Å². The Morgan fingerprint density at radius 3 is 1.21 bits per heavy atom. The molecule has 0 bridgehead atoms. The monoisotopic (exact) mass is 838 g/mol. The van der Waals surface area contributed by atoms with Gasteiger partial charge in [-0.15, -0.1) is 45.3 Å². The third-order valence-corrected chi connectivity index (χ3v) is 22.3. The lowest BCUT2D eigenvalue weighted by Crippen LogP contribution is -2.54. The topological polar surface area (TPSA) is 68.3 Å². The van der Waals surface area contributed by atoms with Crippen molar-refractivity contribution in [1.29, 1.82) is 0 Å². The fourth-order valence-electron chi connectivity index (χ4n) is 8.81. The summed E-state index contributed by atoms with van der Waals surface area (Å²) in [6, 6.07) is 30.1. The number of carbonyl (C=O) groups is 4. The Hall–Kier alpha value is -4.38. The third kappa shape index (κ3) is 6.71. The number of fused-ring (bicyclic) bond motifs is 5. The first-order valence-electron chi connectivity index (χ1n) is 20.1. The zero-order valence-electron chi connectivity index (χ0n) is 32.1. The van der Waals surface area contributed by atoms with E-state index in [9.17, 15) is 19.2 Å². The molecule has 2 aliphatic carbocycles. The highest BCUT2D eigenvalue weighted by molar-refractivity contribution is 7.33. The highest BCUT2D eigenvalue weighted by atomic mass is 32.1. The van der Waals surface area contributed by atoms with Crippen molar-refractivity contribution in [3.05, 3.63) is 128 Å². The first-order chi connectivity index (χ1) is 27.8. The smallest absolute Gasteiger partial charge is 0.197 e. The van der Waals surface area contributed by atoms with Crippen molar-refractivity contribution in [2.45, 2.75) is 77.3 Å². The molecule has 0 fully saturated rings. The number of thiophene rings is 4. The zero-order valence-corrected chi connectivity index (χ0v) is 36.3. The van der Waals surface area contributed by atoms with Gasteiger partial charge in [-0.2, -0.15) is 0 Å². The second kappa shape index (κ2) is 15.8. The first-order valence-corrected chi connectivity index (χ1v) is 25.8. The first kappa shape index (κ1) is 38.2. The average Bonchev–Trinajstić information content (AvgIpc) is 4.10. The van der Waals surface area contributed by atoms with Gasteiger partial charge in [0.05, 0.1) is 11.1 Å². The van der Waals surface area contributed by atoms with Crippen LogP contribution in [0.3, 0.4) is 0 Å². The Bertz CT molecular complexity index is 2400. The number of hydrogen-bond donors (Lipinski definition) is 0. The van der Waals surface area contributed by atoms with Crippen LogP contribution in [0, 0.1) is 0 Å². The Labute approximate surface area is 350 Å². The molecule has 4 aromatic heterocycles. The van der Waals surface area contributed by atoms with Gasteiger partial charge in [0.1, 0.15) is 8.07 Å². The van der Waals surface area contributed by atoms with Gasteiger partial charge in [0.25, 0.3) is 0 Å². The normalized spacial score (nSPS) is 15.1. The summed E-state index contributed by atoms with van der Waals surface area (Å²) in [4.78, 5) is 62.2. The molecule has 9 heteroatoms. The SMILES string of the molecule is CCCCCC[Si]1(CCCCCC)c2cc(-c3ccc(C=C4C(=O)c5ccccc5C4=O)s3)sc2-c2sc(-c3ccc(C=C4C(=O)c5ccccc5C4=O)s3)cc21. The molecule has 4 nitrogen and oxygen atoms in total. The molecule has 0 amide bonds. The Kier molecular flexibility index (Phi) is 10.5. The number of unbranched alkanes of at least 4 members (excludes halogenated alkanes) is 6. The summed E-state index contributed by atoms with van der Waals surface area (Å²) < 4.78 is 0. The summed E-state index contributed by atoms with van der Waals surface area (Å²) in [5.41, 5.74) is 2.47. The maximum absolute atomic E-state index is 13.2. The van der Waals surface area contributed by atoms with Crippen molar-refractivity contribution in [3.63, 3.8) is 0 Å². The number of benzene rings is 2. The van der Waals surface area contributed by atoms with Crippen LogP contribution in [0.1, 0.15) is 116 Å². The molecular weight excluding hydrogens is 797 g/mol. The van der Waals surface area contributed by atoms with Crippen molar-refractivity contribution in [3.8, 4) is 29.3 Å². The number of Topliss-reactive ketones (excluding diaryl/α,β-unsaturated/α-hetero) is 4. The minimum absolute atomic E-state index is 0.191. The number of rotatable bonds is 14. The lowest BCUT2D eigenvalue weighted by atomic mass is 10.1. The molecule has 0 radical (unpaired) electrons. The molecule has 5 heterocycles. The van der Waals surface area contributed by atoms with Gasteiger partial charge in [-0.25, -0.2) is 0 Å². The molecule has 2 aromatic carbocycles. The summed E-state index contributed by atoms with van der Waals surface area (Å²) in [6.45, 7) is 4.57. The molecule has 0 saturated heterocycles. The van der Waals surface area contributed by atoms with Crippen molar-refractivity contribution in [2.75, 3.05) is 0 Å². The van der Waals surface area contributed by atoms with E-state index < -0.39 is 8.07 Å². The Morgan fingerprint density at radius 2 is 0.842 bits per heavy atom. The predicted molar refractivity (Wildman–Crippen MR) is 243 cm³/mol. The van der Waals surface area contributed by atoms with Gasteiger partial charge in [-0.1, -0.05) is 114 Å². The number of carbonyl (C=O) groups excluding carboxylic acids is 4. The summed E-state index contributed by atoms with van der Waals surface area (Å²) in [5, 5.41) is 3.20. The van der Waals surface area contributed by atoms with Crippen LogP contribution in [-0.4, -0.2) is 31.2 Å². The Morgan fingerprint density at radius 1 is 0.456 bits per heavy atom. The van der Waals surface area contributed by atoms with Gasteiger partial charge in [0.2, 0.25) is 0 Å². The number of ketones is 4. The van der Waals surface area contributed by atoms with Crippen molar-refractivity contribution < 1.29 is 19.2 Å². The highest BCUT2D eigenvalue weighted by Crippen LogP contribution is 2.49. The standard InChI is InChI=1S/C48H42O4S4Si/c1-3-5-7-13-23-57(24-14-8-6-4-2)41-27-39(37-21-19-29(53-37)25-35-43(49)31-15-9-10-16-32(31)44(35)50)55-47(41)48-42(57)28-40(56-48)38-22-20-30(54-38)26-36-45(51)33-17-11-12-18-34(33)46(36)52/h9-12,15-22,25-28H,3-8,13-14,23-24H2,1-2H3. The number of hydrogen-bond acceptors (Lipinski definition) is 8. The maximum atomic E-state index is 13.2. The molecule has 9 rings (SSSR count). The van der Waals surface area contributed by atoms with Crippen molar-refractivity contribution >= 4 is 99.1 Å². The van der Waals surface area contributed by atoms with Crippen LogP contribution in [0.5, 0.6) is 0 Å². The quantitative estimate of drug-likeness (QED) is 0.0474. The van der Waals surface area contributed by atoms with Crippen molar-refractivity contribution in [2.24, 2.45) is 0 Å². The van der Waals surface area contributed by atoms with E-state index in [0.29, 0.717) is 22.3 Å². The van der Waals surface area contributed by atoms with E-state index in [2.05, 4.69) is 38.1 Å². The lowest BCUT2D eigenvalue weighted by Gasteiger charge is -2.29. The molecular formula is C48H42O4S4Si. The van der Waals surface area contributed by atoms with E-state index in [1.165, 1.54) is 92.7 Å². The molecule has 286 valence electrons. The second-order valence-corrected chi connectivity index (χ2v) is 23.9. The van der Waals surface area contributed by atoms with E-state index in [1.807, 2.05) is 59.1 Å². The van der Waals surface area contributed by atoms with Gasteiger partial charge in [-0.3, -0.25) is 19.2 Å². The molecule has 6 aromatic rings. The van der Waals surface area contributed by atoms with Crippen molar-refractivity contribution in [1.82, 2.24) is 0 Å². The van der Waals surface area contributed by atoms with Crippen LogP contribution in [0.15, 0.2) is 96.1 Å². The van der Waals surface area contributed by atoms with Crippen LogP contribution < -0.4 is 10.4 Å². The summed E-state index contributed by atoms with van der Waals surface area (Å²) >= 11 is 7.11. The van der Waals surface area contributed by atoms with E-state index >= 15 is 0 Å².